The van der Waals surface area contributed by atoms with E-state index in [1.807, 2.05) is 20.8 Å². The predicted octanol–water partition coefficient (Wildman–Crippen LogP) is 5.13. The summed E-state index contributed by atoms with van der Waals surface area (Å²) < 4.78 is 17.4. The second-order valence-electron chi connectivity index (χ2n) is 13.0. The Morgan fingerprint density at radius 1 is 0.857 bits per heavy atom. The minimum Gasteiger partial charge on any atom is -0.432 e. The molecule has 198 valence electrons. The number of hydrogen-bond acceptors (Lipinski definition) is 7. The first-order valence-electron chi connectivity index (χ1n) is 13.5. The van der Waals surface area contributed by atoms with Crippen LogP contribution in [-0.2, 0) is 28.6 Å². The Morgan fingerprint density at radius 2 is 1.49 bits per heavy atom. The van der Waals surface area contributed by atoms with Crippen molar-refractivity contribution in [2.24, 2.45) is 39.9 Å². The molecule has 0 saturated heterocycles. The van der Waals surface area contributed by atoms with Crippen molar-refractivity contribution in [2.75, 3.05) is 0 Å². The highest BCUT2D eigenvalue weighted by molar-refractivity contribution is 5.75. The molecule has 0 aromatic carbocycles. The summed E-state index contributed by atoms with van der Waals surface area (Å²) in [4.78, 5) is 37.0. The van der Waals surface area contributed by atoms with Gasteiger partial charge in [0.2, 0.25) is 5.79 Å². The second-order valence-corrected chi connectivity index (χ2v) is 13.0. The summed E-state index contributed by atoms with van der Waals surface area (Å²) in [5.41, 5.74) is -1.62. The Morgan fingerprint density at radius 3 is 2.09 bits per heavy atom. The van der Waals surface area contributed by atoms with Gasteiger partial charge in [0.25, 0.3) is 6.29 Å². The molecule has 0 aromatic heterocycles. The van der Waals surface area contributed by atoms with Crippen LogP contribution in [0.1, 0.15) is 106 Å². The Labute approximate surface area is 209 Å². The van der Waals surface area contributed by atoms with Gasteiger partial charge in [-0.3, -0.25) is 14.4 Å². The van der Waals surface area contributed by atoms with Crippen molar-refractivity contribution in [3.8, 4) is 0 Å². The third-order valence-electron chi connectivity index (χ3n) is 10.1. The lowest BCUT2D eigenvalue weighted by Crippen LogP contribution is -2.62. The summed E-state index contributed by atoms with van der Waals surface area (Å²) >= 11 is 0. The number of carbonyl (C=O) groups is 3. The van der Waals surface area contributed by atoms with Gasteiger partial charge in [-0.05, 0) is 89.4 Å². The molecule has 0 spiro atoms. The van der Waals surface area contributed by atoms with Gasteiger partial charge in [0.15, 0.2) is 0 Å². The van der Waals surface area contributed by atoms with E-state index in [9.17, 15) is 19.5 Å². The Balaban J connectivity index is 1.68. The highest BCUT2D eigenvalue weighted by Crippen LogP contribution is 2.69. The largest absolute Gasteiger partial charge is 0.432 e. The van der Waals surface area contributed by atoms with Crippen LogP contribution in [-0.4, -0.2) is 35.1 Å². The maximum atomic E-state index is 12.8. The van der Waals surface area contributed by atoms with Crippen LogP contribution >= 0.6 is 0 Å². The van der Waals surface area contributed by atoms with Crippen molar-refractivity contribution in [1.29, 1.82) is 0 Å². The van der Waals surface area contributed by atoms with Crippen molar-refractivity contribution in [3.05, 3.63) is 0 Å². The second kappa shape index (κ2) is 9.04. The molecule has 4 aliphatic carbocycles. The molecular formula is C28H44O7. The van der Waals surface area contributed by atoms with Crippen molar-refractivity contribution in [1.82, 2.24) is 0 Å². The SMILES string of the molecule is CC(=O)OC(OC(C)=O)[C@]12CCCCC1CC[C@@H]1[C@H]2CC[C@@]2(C)[C@H]1CCC2(O)OC(=O)C(C)(C)C. The zero-order valence-electron chi connectivity index (χ0n) is 22.4. The van der Waals surface area contributed by atoms with Crippen LogP contribution in [0.15, 0.2) is 0 Å². The maximum absolute atomic E-state index is 12.8. The Bertz CT molecular complexity index is 846. The van der Waals surface area contributed by atoms with Gasteiger partial charge >= 0.3 is 17.9 Å². The molecule has 2 unspecified atom stereocenters. The summed E-state index contributed by atoms with van der Waals surface area (Å²) in [7, 11) is 0. The first-order chi connectivity index (χ1) is 16.2. The van der Waals surface area contributed by atoms with Crippen LogP contribution in [0.4, 0.5) is 0 Å². The summed E-state index contributed by atoms with van der Waals surface area (Å²) in [6.07, 6.45) is 8.00. The molecule has 0 amide bonds. The maximum Gasteiger partial charge on any atom is 0.313 e. The van der Waals surface area contributed by atoms with E-state index in [0.717, 1.165) is 51.4 Å². The summed E-state index contributed by atoms with van der Waals surface area (Å²) in [6, 6.07) is 0. The van der Waals surface area contributed by atoms with Crippen LogP contribution in [0, 0.1) is 39.9 Å². The number of ether oxygens (including phenoxy) is 3. The van der Waals surface area contributed by atoms with Crippen LogP contribution in [0.2, 0.25) is 0 Å². The molecule has 4 saturated carbocycles. The molecule has 7 nitrogen and oxygen atoms in total. The molecule has 0 aliphatic heterocycles. The number of hydrogen-bond donors (Lipinski definition) is 1. The summed E-state index contributed by atoms with van der Waals surface area (Å²) in [6.45, 7) is 10.3. The number of aliphatic hydroxyl groups is 1. The van der Waals surface area contributed by atoms with Crippen LogP contribution in [0.5, 0.6) is 0 Å². The molecule has 1 N–H and O–H groups in total. The molecule has 0 heterocycles. The highest BCUT2D eigenvalue weighted by atomic mass is 16.7. The molecule has 4 aliphatic rings. The molecule has 0 bridgehead atoms. The monoisotopic (exact) mass is 492 g/mol. The van der Waals surface area contributed by atoms with Gasteiger partial charge in [0.05, 0.1) is 10.8 Å². The van der Waals surface area contributed by atoms with Gasteiger partial charge < -0.3 is 19.3 Å². The van der Waals surface area contributed by atoms with Crippen molar-refractivity contribution < 1.29 is 33.7 Å². The number of fused-ring (bicyclic) bond motifs is 5. The van der Waals surface area contributed by atoms with E-state index >= 15 is 0 Å². The molecule has 7 heteroatoms. The third kappa shape index (κ3) is 4.30. The van der Waals surface area contributed by atoms with Crippen molar-refractivity contribution >= 4 is 17.9 Å². The van der Waals surface area contributed by atoms with E-state index in [2.05, 4.69) is 6.92 Å². The Kier molecular flexibility index (Phi) is 6.83. The molecule has 0 aromatic rings. The zero-order chi connectivity index (χ0) is 25.8. The topological polar surface area (TPSA) is 99.1 Å². The first kappa shape index (κ1) is 26.4. The van der Waals surface area contributed by atoms with E-state index < -0.39 is 40.3 Å². The van der Waals surface area contributed by atoms with Crippen LogP contribution in [0.3, 0.4) is 0 Å². The lowest BCUT2D eigenvalue weighted by Gasteiger charge is -2.62. The molecule has 7 atom stereocenters. The Hall–Kier alpha value is -1.63. The quantitative estimate of drug-likeness (QED) is 0.429. The van der Waals surface area contributed by atoms with Gasteiger partial charge in [-0.25, -0.2) is 0 Å². The van der Waals surface area contributed by atoms with Gasteiger partial charge in [0, 0.05) is 25.7 Å². The zero-order valence-corrected chi connectivity index (χ0v) is 22.4. The molecule has 35 heavy (non-hydrogen) atoms. The standard InChI is InChI=1S/C28H44O7/c1-17(29)33-24(34-18(2)30)27-14-8-7-9-19(27)10-11-20-21-13-16-28(32,35-23(31)25(3,4)5)26(21,6)15-12-22(20)27/h19-22,24,32H,7-16H2,1-6H3/t19?,20-,21-,22+,26-,27+,28?/m0/s1. The normalized spacial score (nSPS) is 40.8. The summed E-state index contributed by atoms with van der Waals surface area (Å²) in [5.74, 6) is -1.67. The fourth-order valence-corrected chi connectivity index (χ4v) is 8.43. The predicted molar refractivity (Wildman–Crippen MR) is 128 cm³/mol. The van der Waals surface area contributed by atoms with Crippen LogP contribution < -0.4 is 0 Å². The number of carbonyl (C=O) groups excluding carboxylic acids is 3. The van der Waals surface area contributed by atoms with Gasteiger partial charge in [-0.15, -0.1) is 0 Å². The highest BCUT2D eigenvalue weighted by Gasteiger charge is 2.69. The van der Waals surface area contributed by atoms with E-state index in [1.165, 1.54) is 13.8 Å². The van der Waals surface area contributed by atoms with Crippen LogP contribution in [0.25, 0.3) is 0 Å². The van der Waals surface area contributed by atoms with E-state index in [1.54, 1.807) is 0 Å². The van der Waals surface area contributed by atoms with Gasteiger partial charge in [0.1, 0.15) is 0 Å². The average molecular weight is 493 g/mol. The smallest absolute Gasteiger partial charge is 0.313 e. The van der Waals surface area contributed by atoms with Gasteiger partial charge in [-0.2, -0.15) is 0 Å². The van der Waals surface area contributed by atoms with Crippen molar-refractivity contribution in [2.45, 2.75) is 118 Å². The van der Waals surface area contributed by atoms with E-state index in [-0.39, 0.29) is 17.8 Å². The molecule has 4 fully saturated rings. The van der Waals surface area contributed by atoms with E-state index in [4.69, 9.17) is 14.2 Å². The molecule has 0 radical (unpaired) electrons. The minimum absolute atomic E-state index is 0.189. The van der Waals surface area contributed by atoms with Gasteiger partial charge in [-0.1, -0.05) is 19.8 Å². The lowest BCUT2D eigenvalue weighted by atomic mass is 9.44. The molecule has 4 rings (SSSR count). The average Bonchev–Trinajstić information content (AvgIpc) is 3.02. The summed E-state index contributed by atoms with van der Waals surface area (Å²) in [5, 5.41) is 11.7. The minimum atomic E-state index is -1.48. The molecular weight excluding hydrogens is 448 g/mol. The number of rotatable bonds is 4. The fourth-order valence-electron chi connectivity index (χ4n) is 8.43. The van der Waals surface area contributed by atoms with Crippen molar-refractivity contribution in [3.63, 3.8) is 0 Å². The lowest BCUT2D eigenvalue weighted by molar-refractivity contribution is -0.285. The first-order valence-corrected chi connectivity index (χ1v) is 13.5. The van der Waals surface area contributed by atoms with E-state index in [0.29, 0.717) is 24.7 Å². The third-order valence-corrected chi connectivity index (χ3v) is 10.1. The fraction of sp³-hybridized carbons (Fsp3) is 0.893. The number of esters is 3.